The van der Waals surface area contributed by atoms with Crippen molar-refractivity contribution in [3.8, 4) is 11.6 Å². The van der Waals surface area contributed by atoms with Gasteiger partial charge in [-0.15, -0.1) is 5.10 Å². The first-order valence-electron chi connectivity index (χ1n) is 8.23. The lowest BCUT2D eigenvalue weighted by molar-refractivity contribution is -0.127. The molecule has 0 unspecified atom stereocenters. The van der Waals surface area contributed by atoms with Crippen LogP contribution in [0.1, 0.15) is 18.1 Å². The first kappa shape index (κ1) is 16.8. The van der Waals surface area contributed by atoms with Crippen LogP contribution in [0.3, 0.4) is 0 Å². The molecule has 3 aromatic rings. The molecular weight excluding hydrogens is 314 g/mol. The van der Waals surface area contributed by atoms with E-state index in [2.05, 4.69) is 10.4 Å². The van der Waals surface area contributed by atoms with Crippen LogP contribution in [0.15, 0.2) is 66.9 Å². The molecule has 0 saturated carbocycles. The van der Waals surface area contributed by atoms with Crippen LogP contribution >= 0.6 is 0 Å². The zero-order valence-electron chi connectivity index (χ0n) is 14.3. The Bertz CT molecular complexity index is 826. The third kappa shape index (κ3) is 4.47. The van der Waals surface area contributed by atoms with Crippen LogP contribution in [0.25, 0.3) is 5.69 Å². The van der Waals surface area contributed by atoms with Crippen LogP contribution in [0, 0.1) is 6.92 Å². The largest absolute Gasteiger partial charge is 0.463 e. The van der Waals surface area contributed by atoms with Gasteiger partial charge in [-0.05, 0) is 31.5 Å². The van der Waals surface area contributed by atoms with Crippen molar-refractivity contribution in [1.29, 1.82) is 0 Å². The molecule has 2 aromatic carbocycles. The number of para-hydroxylation sites is 1. The molecule has 0 aliphatic heterocycles. The summed E-state index contributed by atoms with van der Waals surface area (Å²) in [5.74, 6) is 0.247. The molecule has 1 amide bonds. The van der Waals surface area contributed by atoms with Gasteiger partial charge in [-0.3, -0.25) is 4.79 Å². The lowest BCUT2D eigenvalue weighted by Gasteiger charge is -2.13. The maximum atomic E-state index is 12.2. The molecule has 0 aliphatic carbocycles. The summed E-state index contributed by atoms with van der Waals surface area (Å²) in [6, 6.07) is 19.5. The molecule has 1 aromatic heterocycles. The monoisotopic (exact) mass is 335 g/mol. The fourth-order valence-electron chi connectivity index (χ4n) is 2.37. The highest BCUT2D eigenvalue weighted by Crippen LogP contribution is 2.13. The van der Waals surface area contributed by atoms with Crippen LogP contribution in [-0.2, 0) is 11.3 Å². The summed E-state index contributed by atoms with van der Waals surface area (Å²) >= 11 is 0. The topological polar surface area (TPSA) is 56.1 Å². The van der Waals surface area contributed by atoms with E-state index in [0.29, 0.717) is 12.4 Å². The van der Waals surface area contributed by atoms with Gasteiger partial charge in [0, 0.05) is 18.8 Å². The fraction of sp³-hybridized carbons (Fsp3) is 0.200. The van der Waals surface area contributed by atoms with E-state index in [0.717, 1.165) is 11.3 Å². The summed E-state index contributed by atoms with van der Waals surface area (Å²) in [5, 5.41) is 7.22. The van der Waals surface area contributed by atoms with E-state index >= 15 is 0 Å². The lowest BCUT2D eigenvalue weighted by atomic mass is 10.1. The van der Waals surface area contributed by atoms with Crippen molar-refractivity contribution < 1.29 is 9.53 Å². The SMILES string of the molecule is Cc1ccc(CNC(=O)[C@@H](C)Oc2ccn(-c3ccccc3)n2)cc1. The predicted octanol–water partition coefficient (Wildman–Crippen LogP) is 3.26. The van der Waals surface area contributed by atoms with Gasteiger partial charge in [-0.1, -0.05) is 48.0 Å². The zero-order chi connectivity index (χ0) is 17.6. The number of hydrogen-bond donors (Lipinski definition) is 1. The van der Waals surface area contributed by atoms with Gasteiger partial charge in [0.25, 0.3) is 5.91 Å². The Labute approximate surface area is 147 Å². The normalized spacial score (nSPS) is 11.8. The fourth-order valence-corrected chi connectivity index (χ4v) is 2.37. The quantitative estimate of drug-likeness (QED) is 0.752. The van der Waals surface area contributed by atoms with Gasteiger partial charge in [-0.25, -0.2) is 4.68 Å². The molecule has 0 saturated heterocycles. The molecule has 5 nitrogen and oxygen atoms in total. The third-order valence-electron chi connectivity index (χ3n) is 3.84. The lowest BCUT2D eigenvalue weighted by Crippen LogP contribution is -2.36. The summed E-state index contributed by atoms with van der Waals surface area (Å²) in [7, 11) is 0. The second kappa shape index (κ2) is 7.66. The maximum Gasteiger partial charge on any atom is 0.261 e. The molecule has 1 atom stereocenters. The number of amides is 1. The van der Waals surface area contributed by atoms with E-state index in [1.807, 2.05) is 67.7 Å². The maximum absolute atomic E-state index is 12.2. The van der Waals surface area contributed by atoms with Crippen LogP contribution in [0.5, 0.6) is 5.88 Å². The Morgan fingerprint density at radius 3 is 2.56 bits per heavy atom. The molecular formula is C20H21N3O2. The number of ether oxygens (including phenoxy) is 1. The van der Waals surface area contributed by atoms with Gasteiger partial charge in [0.2, 0.25) is 5.88 Å². The van der Waals surface area contributed by atoms with Crippen LogP contribution in [-0.4, -0.2) is 21.8 Å². The van der Waals surface area contributed by atoms with E-state index in [9.17, 15) is 4.79 Å². The number of aryl methyl sites for hydroxylation is 1. The Hall–Kier alpha value is -3.08. The van der Waals surface area contributed by atoms with Crippen molar-refractivity contribution in [3.05, 3.63) is 78.0 Å². The summed E-state index contributed by atoms with van der Waals surface area (Å²) < 4.78 is 7.36. The molecule has 3 rings (SSSR count). The average molecular weight is 335 g/mol. The van der Waals surface area contributed by atoms with Crippen molar-refractivity contribution >= 4 is 5.91 Å². The average Bonchev–Trinajstić information content (AvgIpc) is 3.10. The highest BCUT2D eigenvalue weighted by atomic mass is 16.5. The number of carbonyl (C=O) groups is 1. The highest BCUT2D eigenvalue weighted by Gasteiger charge is 2.15. The number of nitrogens with zero attached hydrogens (tertiary/aromatic N) is 2. The van der Waals surface area contributed by atoms with E-state index in [1.54, 1.807) is 17.7 Å². The molecule has 0 radical (unpaired) electrons. The smallest absolute Gasteiger partial charge is 0.261 e. The second-order valence-corrected chi connectivity index (χ2v) is 5.90. The van der Waals surface area contributed by atoms with Crippen molar-refractivity contribution in [3.63, 3.8) is 0 Å². The Morgan fingerprint density at radius 2 is 1.84 bits per heavy atom. The number of rotatable bonds is 6. The van der Waals surface area contributed by atoms with E-state index in [-0.39, 0.29) is 5.91 Å². The molecule has 0 aliphatic rings. The van der Waals surface area contributed by atoms with E-state index in [1.165, 1.54) is 5.56 Å². The number of carbonyl (C=O) groups excluding carboxylic acids is 1. The van der Waals surface area contributed by atoms with Gasteiger partial charge < -0.3 is 10.1 Å². The number of aromatic nitrogens is 2. The van der Waals surface area contributed by atoms with Gasteiger partial charge in [0.15, 0.2) is 6.10 Å². The first-order valence-corrected chi connectivity index (χ1v) is 8.23. The molecule has 128 valence electrons. The van der Waals surface area contributed by atoms with Gasteiger partial charge in [-0.2, -0.15) is 0 Å². The molecule has 0 bridgehead atoms. The molecule has 1 N–H and O–H groups in total. The Kier molecular flexibility index (Phi) is 5.14. The minimum absolute atomic E-state index is 0.171. The van der Waals surface area contributed by atoms with Gasteiger partial charge >= 0.3 is 0 Å². The molecule has 25 heavy (non-hydrogen) atoms. The van der Waals surface area contributed by atoms with Crippen LogP contribution < -0.4 is 10.1 Å². The first-order chi connectivity index (χ1) is 12.1. The highest BCUT2D eigenvalue weighted by molar-refractivity contribution is 5.80. The number of nitrogens with one attached hydrogen (secondary N) is 1. The predicted molar refractivity (Wildman–Crippen MR) is 96.7 cm³/mol. The third-order valence-corrected chi connectivity index (χ3v) is 3.84. The van der Waals surface area contributed by atoms with Crippen molar-refractivity contribution in [2.45, 2.75) is 26.5 Å². The summed E-state index contributed by atoms with van der Waals surface area (Å²) in [5.41, 5.74) is 3.19. The Balaban J connectivity index is 1.54. The minimum Gasteiger partial charge on any atom is -0.463 e. The van der Waals surface area contributed by atoms with E-state index < -0.39 is 6.10 Å². The van der Waals surface area contributed by atoms with Crippen molar-refractivity contribution in [2.75, 3.05) is 0 Å². The van der Waals surface area contributed by atoms with Crippen LogP contribution in [0.2, 0.25) is 0 Å². The second-order valence-electron chi connectivity index (χ2n) is 5.90. The summed E-state index contributed by atoms with van der Waals surface area (Å²) in [6.07, 6.45) is 1.19. The minimum atomic E-state index is -0.621. The standard InChI is InChI=1S/C20H21N3O2/c1-15-8-10-17(11-9-15)14-21-20(24)16(2)25-19-12-13-23(22-19)18-6-4-3-5-7-18/h3-13,16H,14H2,1-2H3,(H,21,24)/t16-/m1/s1. The summed E-state index contributed by atoms with van der Waals surface area (Å²) in [4.78, 5) is 12.2. The molecule has 1 heterocycles. The van der Waals surface area contributed by atoms with Crippen LogP contribution in [0.4, 0.5) is 0 Å². The molecule has 0 fully saturated rings. The molecule has 0 spiro atoms. The Morgan fingerprint density at radius 1 is 1.12 bits per heavy atom. The number of benzene rings is 2. The van der Waals surface area contributed by atoms with E-state index in [4.69, 9.17) is 4.74 Å². The molecule has 5 heteroatoms. The summed E-state index contributed by atoms with van der Waals surface area (Å²) in [6.45, 7) is 4.23. The van der Waals surface area contributed by atoms with Gasteiger partial charge in [0.05, 0.1) is 5.69 Å². The van der Waals surface area contributed by atoms with Crippen molar-refractivity contribution in [1.82, 2.24) is 15.1 Å². The zero-order valence-corrected chi connectivity index (χ0v) is 14.3. The number of hydrogen-bond acceptors (Lipinski definition) is 3. The van der Waals surface area contributed by atoms with Gasteiger partial charge in [0.1, 0.15) is 0 Å². The van der Waals surface area contributed by atoms with Crippen molar-refractivity contribution in [2.24, 2.45) is 0 Å².